The highest BCUT2D eigenvalue weighted by molar-refractivity contribution is 6.08. The van der Waals surface area contributed by atoms with Gasteiger partial charge < -0.3 is 0 Å². The van der Waals surface area contributed by atoms with Crippen LogP contribution in [0.15, 0.2) is 121 Å². The topological polar surface area (TPSA) is 93.6 Å². The van der Waals surface area contributed by atoms with E-state index < -0.39 is 5.41 Å². The van der Waals surface area contributed by atoms with Gasteiger partial charge in [-0.05, 0) is 78.6 Å². The molecule has 46 heavy (non-hydrogen) atoms. The van der Waals surface area contributed by atoms with E-state index in [1.165, 1.54) is 6.08 Å². The second-order valence-electron chi connectivity index (χ2n) is 11.9. The summed E-state index contributed by atoms with van der Waals surface area (Å²) in [5, 5.41) is 11.4. The Morgan fingerprint density at radius 1 is 0.870 bits per heavy atom. The Morgan fingerprint density at radius 3 is 2.28 bits per heavy atom. The number of nitriles is 1. The standard InChI is InChI=1S/C39H29N5O2/c1-5-36(45)25-12-10-24(11-13-25)31-20-34-32(19-30(31)27-18-26-8-6-7-9-33(26)41-21-27)37-35(22-42-34)43(4)38(46)44(37)29-16-14-28(15-17-29)39(2,3)23-40/h5-22H,1H2,2-4H3. The van der Waals surface area contributed by atoms with Crippen LogP contribution in [0.1, 0.15) is 29.8 Å². The quantitative estimate of drug-likeness (QED) is 0.143. The van der Waals surface area contributed by atoms with E-state index in [4.69, 9.17) is 9.97 Å². The van der Waals surface area contributed by atoms with Crippen molar-refractivity contribution in [3.8, 4) is 34.0 Å². The summed E-state index contributed by atoms with van der Waals surface area (Å²) in [7, 11) is 1.75. The largest absolute Gasteiger partial charge is 0.333 e. The Kier molecular flexibility index (Phi) is 6.72. The lowest BCUT2D eigenvalue weighted by Crippen LogP contribution is -2.21. The van der Waals surface area contributed by atoms with Crippen molar-refractivity contribution in [3.63, 3.8) is 0 Å². The number of imidazole rings is 1. The molecule has 7 rings (SSSR count). The predicted molar refractivity (Wildman–Crippen MR) is 183 cm³/mol. The number of rotatable bonds is 6. The van der Waals surface area contributed by atoms with Crippen LogP contribution in [0.3, 0.4) is 0 Å². The minimum atomic E-state index is -0.658. The van der Waals surface area contributed by atoms with E-state index in [9.17, 15) is 14.9 Å². The van der Waals surface area contributed by atoms with Crippen LogP contribution in [0.5, 0.6) is 0 Å². The van der Waals surface area contributed by atoms with Crippen molar-refractivity contribution in [2.45, 2.75) is 19.3 Å². The number of pyridine rings is 2. The molecule has 4 aromatic carbocycles. The molecule has 7 heteroatoms. The van der Waals surface area contributed by atoms with Gasteiger partial charge in [0.15, 0.2) is 5.78 Å². The molecule has 0 aliphatic rings. The third kappa shape index (κ3) is 4.59. The van der Waals surface area contributed by atoms with Crippen molar-refractivity contribution in [3.05, 3.63) is 138 Å². The molecule has 0 radical (unpaired) electrons. The zero-order valence-electron chi connectivity index (χ0n) is 25.7. The second-order valence-corrected chi connectivity index (χ2v) is 11.9. The first-order chi connectivity index (χ1) is 22.2. The van der Waals surface area contributed by atoms with E-state index in [2.05, 4.69) is 24.8 Å². The molecule has 0 fully saturated rings. The number of carbonyl (C=O) groups is 1. The molecular weight excluding hydrogens is 570 g/mol. The van der Waals surface area contributed by atoms with Gasteiger partial charge in [0.05, 0.1) is 45.4 Å². The fourth-order valence-corrected chi connectivity index (χ4v) is 6.00. The lowest BCUT2D eigenvalue weighted by molar-refractivity contribution is 0.104. The van der Waals surface area contributed by atoms with Gasteiger partial charge in [0.25, 0.3) is 0 Å². The molecule has 0 saturated heterocycles. The van der Waals surface area contributed by atoms with E-state index in [0.29, 0.717) is 22.3 Å². The Labute approximate surface area is 265 Å². The zero-order chi connectivity index (χ0) is 32.2. The first kappa shape index (κ1) is 28.6. The summed E-state index contributed by atoms with van der Waals surface area (Å²) in [6.45, 7) is 7.35. The normalized spacial score (nSPS) is 11.6. The van der Waals surface area contributed by atoms with Gasteiger partial charge in [-0.25, -0.2) is 4.79 Å². The number of para-hydroxylation sites is 1. The highest BCUT2D eigenvalue weighted by Gasteiger charge is 2.22. The van der Waals surface area contributed by atoms with Crippen molar-refractivity contribution >= 4 is 38.6 Å². The van der Waals surface area contributed by atoms with Crippen LogP contribution in [-0.4, -0.2) is 24.9 Å². The smallest absolute Gasteiger partial charge is 0.293 e. The van der Waals surface area contributed by atoms with Crippen LogP contribution >= 0.6 is 0 Å². The Morgan fingerprint density at radius 2 is 1.57 bits per heavy atom. The monoisotopic (exact) mass is 599 g/mol. The molecule has 0 atom stereocenters. The van der Waals surface area contributed by atoms with Crippen LogP contribution in [0.4, 0.5) is 0 Å². The summed E-state index contributed by atoms with van der Waals surface area (Å²) in [5.74, 6) is -0.139. The van der Waals surface area contributed by atoms with Crippen LogP contribution in [-0.2, 0) is 12.5 Å². The van der Waals surface area contributed by atoms with Crippen molar-refractivity contribution in [1.82, 2.24) is 19.1 Å². The molecule has 0 bridgehead atoms. The number of aromatic nitrogens is 4. The van der Waals surface area contributed by atoms with Crippen LogP contribution < -0.4 is 5.69 Å². The van der Waals surface area contributed by atoms with Gasteiger partial charge in [0, 0.05) is 35.1 Å². The summed E-state index contributed by atoms with van der Waals surface area (Å²) in [6.07, 6.45) is 4.91. The lowest BCUT2D eigenvalue weighted by Gasteiger charge is -2.16. The molecule has 0 saturated carbocycles. The molecule has 7 aromatic rings. The van der Waals surface area contributed by atoms with Gasteiger partial charge in [0.1, 0.15) is 0 Å². The Bertz CT molecular complexity index is 2460. The van der Waals surface area contributed by atoms with E-state index in [1.807, 2.05) is 86.8 Å². The average molecular weight is 600 g/mol. The fourth-order valence-electron chi connectivity index (χ4n) is 6.00. The van der Waals surface area contributed by atoms with Crippen molar-refractivity contribution in [2.24, 2.45) is 7.05 Å². The minimum Gasteiger partial charge on any atom is -0.293 e. The van der Waals surface area contributed by atoms with Gasteiger partial charge >= 0.3 is 5.69 Å². The molecule has 0 spiro atoms. The van der Waals surface area contributed by atoms with Crippen LogP contribution in [0.25, 0.3) is 60.8 Å². The fraction of sp³-hybridized carbons (Fsp3) is 0.103. The van der Waals surface area contributed by atoms with Crippen molar-refractivity contribution in [2.75, 3.05) is 0 Å². The van der Waals surface area contributed by atoms with Gasteiger partial charge in [-0.2, -0.15) is 5.26 Å². The number of benzene rings is 4. The van der Waals surface area contributed by atoms with Crippen molar-refractivity contribution < 1.29 is 4.79 Å². The molecule has 0 unspecified atom stereocenters. The van der Waals surface area contributed by atoms with Gasteiger partial charge in [-0.3, -0.25) is 23.9 Å². The van der Waals surface area contributed by atoms with Crippen molar-refractivity contribution in [1.29, 1.82) is 5.26 Å². The van der Waals surface area contributed by atoms with Crippen LogP contribution in [0, 0.1) is 11.3 Å². The summed E-state index contributed by atoms with van der Waals surface area (Å²) < 4.78 is 3.32. The third-order valence-electron chi connectivity index (χ3n) is 8.72. The highest BCUT2D eigenvalue weighted by atomic mass is 16.1. The molecule has 0 aliphatic carbocycles. The molecule has 3 heterocycles. The number of ketones is 1. The highest BCUT2D eigenvalue weighted by Crippen LogP contribution is 2.38. The summed E-state index contributed by atoms with van der Waals surface area (Å²) in [4.78, 5) is 35.6. The Balaban J connectivity index is 1.52. The lowest BCUT2D eigenvalue weighted by atomic mass is 9.86. The maximum atomic E-state index is 13.8. The van der Waals surface area contributed by atoms with Gasteiger partial charge in [-0.1, -0.05) is 61.2 Å². The molecule has 0 amide bonds. The maximum absolute atomic E-state index is 13.8. The molecule has 0 N–H and O–H groups in total. The summed E-state index contributed by atoms with van der Waals surface area (Å²) in [6, 6.07) is 31.6. The average Bonchev–Trinajstić information content (AvgIpc) is 3.36. The summed E-state index contributed by atoms with van der Waals surface area (Å²) in [5.41, 5.74) is 7.96. The molecule has 3 aromatic heterocycles. The number of fused-ring (bicyclic) bond motifs is 4. The van der Waals surface area contributed by atoms with Gasteiger partial charge in [-0.15, -0.1) is 0 Å². The molecule has 0 aliphatic heterocycles. The first-order valence-electron chi connectivity index (χ1n) is 14.9. The van der Waals surface area contributed by atoms with E-state index >= 15 is 0 Å². The molecule has 222 valence electrons. The van der Waals surface area contributed by atoms with E-state index in [-0.39, 0.29) is 11.5 Å². The molecular formula is C39H29N5O2. The summed E-state index contributed by atoms with van der Waals surface area (Å²) >= 11 is 0. The number of hydrogen-bond acceptors (Lipinski definition) is 5. The first-order valence-corrected chi connectivity index (χ1v) is 14.9. The van der Waals surface area contributed by atoms with Gasteiger partial charge in [0.2, 0.25) is 0 Å². The SMILES string of the molecule is C=CC(=O)c1ccc(-c2cc3ncc4c(c3cc2-c2cnc3ccccc3c2)n(-c2ccc(C(C)(C)C#N)cc2)c(=O)n4C)cc1. The predicted octanol–water partition coefficient (Wildman–Crippen LogP) is 7.93. The number of nitrogens with zero attached hydrogens (tertiary/aromatic N) is 5. The third-order valence-corrected chi connectivity index (χ3v) is 8.72. The minimum absolute atomic E-state index is 0.139. The maximum Gasteiger partial charge on any atom is 0.333 e. The Hall–Kier alpha value is -6.13. The zero-order valence-corrected chi connectivity index (χ0v) is 25.7. The van der Waals surface area contributed by atoms with E-state index in [0.717, 1.165) is 49.6 Å². The second kappa shape index (κ2) is 10.8. The molecule has 7 nitrogen and oxygen atoms in total. The van der Waals surface area contributed by atoms with E-state index in [1.54, 1.807) is 34.5 Å². The van der Waals surface area contributed by atoms with Crippen LogP contribution in [0.2, 0.25) is 0 Å². The number of carbonyl (C=O) groups excluding carboxylic acids is 1. The number of allylic oxidation sites excluding steroid dienone is 1. The number of aryl methyl sites for hydroxylation is 1. The number of hydrogen-bond donors (Lipinski definition) is 0.